The fourth-order valence-electron chi connectivity index (χ4n) is 9.97. The largest absolute Gasteiger partial charge is 0.309 e. The summed E-state index contributed by atoms with van der Waals surface area (Å²) < 4.78 is 2.44. The fourth-order valence-corrected chi connectivity index (χ4v) is 9.97. The molecule has 0 spiro atoms. The van der Waals surface area contributed by atoms with Crippen molar-refractivity contribution in [1.82, 2.24) is 4.57 Å². The van der Waals surface area contributed by atoms with Crippen LogP contribution in [0.2, 0.25) is 0 Å². The number of rotatable bonds is 5. The molecule has 10 aromatic carbocycles. The zero-order valence-electron chi connectivity index (χ0n) is 31.1. The minimum atomic E-state index is 0.357. The Morgan fingerprint density at radius 3 is 1.59 bits per heavy atom. The van der Waals surface area contributed by atoms with Crippen molar-refractivity contribution >= 4 is 54.1 Å². The van der Waals surface area contributed by atoms with Gasteiger partial charge in [-0.3, -0.25) is 0 Å². The molecule has 0 atom stereocenters. The van der Waals surface area contributed by atoms with Crippen molar-refractivity contribution in [2.24, 2.45) is 0 Å². The molecule has 0 bridgehead atoms. The molecule has 56 heavy (non-hydrogen) atoms. The molecule has 0 amide bonds. The predicted octanol–water partition coefficient (Wildman–Crippen LogP) is 14.7. The van der Waals surface area contributed by atoms with Gasteiger partial charge in [0.05, 0.1) is 11.0 Å². The van der Waals surface area contributed by atoms with Crippen LogP contribution < -0.4 is 0 Å². The molecule has 0 saturated heterocycles. The van der Waals surface area contributed by atoms with Crippen molar-refractivity contribution in [1.29, 1.82) is 0 Å². The predicted molar refractivity (Wildman–Crippen MR) is 238 cm³/mol. The quantitative estimate of drug-likeness (QED) is 0.157. The van der Waals surface area contributed by atoms with Gasteiger partial charge in [-0.15, -0.1) is 0 Å². The number of hydrogen-bond acceptors (Lipinski definition) is 0. The molecule has 0 fully saturated rings. The monoisotopic (exact) mass is 711 g/mol. The first-order chi connectivity index (χ1) is 27.7. The van der Waals surface area contributed by atoms with Gasteiger partial charge in [0.15, 0.2) is 0 Å². The van der Waals surface area contributed by atoms with E-state index >= 15 is 0 Å². The molecule has 12 rings (SSSR count). The summed E-state index contributed by atoms with van der Waals surface area (Å²) in [5, 5.41) is 10.5. The molecular weight excluding hydrogens is 675 g/mol. The van der Waals surface area contributed by atoms with Crippen LogP contribution in [0, 0.1) is 6.92 Å². The first kappa shape index (κ1) is 31.4. The summed E-state index contributed by atoms with van der Waals surface area (Å²) in [6.45, 7) is 2.15. The van der Waals surface area contributed by atoms with E-state index in [0.29, 0.717) is 5.92 Å². The number of para-hydroxylation sites is 1. The minimum Gasteiger partial charge on any atom is -0.309 e. The van der Waals surface area contributed by atoms with Gasteiger partial charge in [-0.05, 0) is 126 Å². The van der Waals surface area contributed by atoms with Gasteiger partial charge in [0, 0.05) is 22.4 Å². The lowest BCUT2D eigenvalue weighted by molar-refractivity contribution is 0.828. The Morgan fingerprint density at radius 2 is 0.946 bits per heavy atom. The van der Waals surface area contributed by atoms with Gasteiger partial charge < -0.3 is 4.57 Å². The third-order valence-corrected chi connectivity index (χ3v) is 12.6. The van der Waals surface area contributed by atoms with Gasteiger partial charge in [-0.25, -0.2) is 0 Å². The lowest BCUT2D eigenvalue weighted by Gasteiger charge is -2.17. The molecule has 1 aliphatic rings. The summed E-state index contributed by atoms with van der Waals surface area (Å²) in [7, 11) is 0. The maximum Gasteiger partial charge on any atom is 0.0541 e. The van der Waals surface area contributed by atoms with Crippen molar-refractivity contribution in [2.75, 3.05) is 0 Å². The van der Waals surface area contributed by atoms with E-state index in [1.54, 1.807) is 0 Å². The maximum atomic E-state index is 2.45. The second-order valence-electron chi connectivity index (χ2n) is 15.7. The normalized spacial score (nSPS) is 12.7. The number of hydrogen-bond donors (Lipinski definition) is 0. The smallest absolute Gasteiger partial charge is 0.0541 e. The van der Waals surface area contributed by atoms with Gasteiger partial charge in [0.25, 0.3) is 0 Å². The van der Waals surface area contributed by atoms with Gasteiger partial charge in [-0.2, -0.15) is 0 Å². The van der Waals surface area contributed by atoms with Crippen LogP contribution >= 0.6 is 0 Å². The highest BCUT2D eigenvalue weighted by atomic mass is 15.0. The van der Waals surface area contributed by atoms with E-state index in [4.69, 9.17) is 0 Å². The Morgan fingerprint density at radius 1 is 0.411 bits per heavy atom. The topological polar surface area (TPSA) is 4.93 Å². The van der Waals surface area contributed by atoms with Gasteiger partial charge in [-0.1, -0.05) is 163 Å². The standard InChI is InChI=1S/C55H37N/c1-34-14-17-36(18-15-34)41-27-21-38-24-30-49-42(28-22-39-23-29-48(41)54(38)55(39)49)37-19-25-40(26-20-37)56-52-13-7-6-12-47(52)51-33-35(16-31-53(51)56)32-50-45-10-4-2-8-43(45)44-9-3-5-11-46(44)50/h2-31,33,50H,32H2,1H3. The highest BCUT2D eigenvalue weighted by Crippen LogP contribution is 2.47. The van der Waals surface area contributed by atoms with Crippen molar-refractivity contribution in [3.05, 3.63) is 210 Å². The molecule has 0 N–H and O–H groups in total. The number of fused-ring (bicyclic) bond motifs is 6. The molecule has 1 aliphatic carbocycles. The van der Waals surface area contributed by atoms with Crippen LogP contribution in [0.25, 0.3) is 93.2 Å². The Hall–Kier alpha value is -6.96. The number of aryl methyl sites for hydroxylation is 1. The SMILES string of the molecule is Cc1ccc(-c2ccc3ccc4c(-c5ccc(-n6c7ccccc7c7cc(CC8c9ccccc9-c9ccccc98)ccc76)cc5)ccc5ccc2c3c54)cc1. The van der Waals surface area contributed by atoms with Crippen molar-refractivity contribution < 1.29 is 0 Å². The number of benzene rings is 10. The van der Waals surface area contributed by atoms with E-state index in [1.165, 1.54) is 115 Å². The molecule has 0 saturated carbocycles. The Bertz CT molecular complexity index is 3280. The van der Waals surface area contributed by atoms with E-state index in [1.807, 2.05) is 0 Å². The van der Waals surface area contributed by atoms with Crippen molar-refractivity contribution in [3.63, 3.8) is 0 Å². The Labute approximate surface area is 326 Å². The summed E-state index contributed by atoms with van der Waals surface area (Å²) in [6.07, 6.45) is 0.977. The van der Waals surface area contributed by atoms with Gasteiger partial charge in [0.2, 0.25) is 0 Å². The van der Waals surface area contributed by atoms with Crippen LogP contribution in [0.15, 0.2) is 188 Å². The maximum absolute atomic E-state index is 2.45. The second-order valence-corrected chi connectivity index (χ2v) is 15.7. The lowest BCUT2D eigenvalue weighted by Crippen LogP contribution is -2.01. The Balaban J connectivity index is 0.945. The van der Waals surface area contributed by atoms with Crippen LogP contribution in [0.1, 0.15) is 28.2 Å². The van der Waals surface area contributed by atoms with Crippen LogP contribution in [-0.4, -0.2) is 4.57 Å². The molecular formula is C55H37N. The van der Waals surface area contributed by atoms with E-state index < -0.39 is 0 Å². The first-order valence-electron chi connectivity index (χ1n) is 19.8. The van der Waals surface area contributed by atoms with E-state index in [2.05, 4.69) is 200 Å². The van der Waals surface area contributed by atoms with E-state index in [0.717, 1.165) is 6.42 Å². The summed E-state index contributed by atoms with van der Waals surface area (Å²) in [5.74, 6) is 0.357. The minimum absolute atomic E-state index is 0.357. The summed E-state index contributed by atoms with van der Waals surface area (Å²) >= 11 is 0. The molecule has 1 heterocycles. The van der Waals surface area contributed by atoms with Gasteiger partial charge >= 0.3 is 0 Å². The Kier molecular flexibility index (Phi) is 6.74. The summed E-state index contributed by atoms with van der Waals surface area (Å²) in [4.78, 5) is 0. The zero-order chi connectivity index (χ0) is 36.9. The van der Waals surface area contributed by atoms with Crippen LogP contribution in [-0.2, 0) is 6.42 Å². The van der Waals surface area contributed by atoms with Crippen molar-refractivity contribution in [3.8, 4) is 39.1 Å². The third-order valence-electron chi connectivity index (χ3n) is 12.6. The number of aromatic nitrogens is 1. The third kappa shape index (κ3) is 4.61. The van der Waals surface area contributed by atoms with E-state index in [-0.39, 0.29) is 0 Å². The lowest BCUT2D eigenvalue weighted by atomic mass is 9.87. The molecule has 1 heteroatoms. The molecule has 1 nitrogen and oxygen atoms in total. The molecule has 1 aromatic heterocycles. The average molecular weight is 712 g/mol. The highest BCUT2D eigenvalue weighted by Gasteiger charge is 2.28. The molecule has 0 aliphatic heterocycles. The molecule has 0 unspecified atom stereocenters. The highest BCUT2D eigenvalue weighted by molar-refractivity contribution is 6.27. The van der Waals surface area contributed by atoms with E-state index in [9.17, 15) is 0 Å². The van der Waals surface area contributed by atoms with Crippen LogP contribution in [0.5, 0.6) is 0 Å². The van der Waals surface area contributed by atoms with Gasteiger partial charge in [0.1, 0.15) is 0 Å². The molecule has 262 valence electrons. The fraction of sp³-hybridized carbons (Fsp3) is 0.0545. The zero-order valence-corrected chi connectivity index (χ0v) is 31.1. The van der Waals surface area contributed by atoms with Crippen molar-refractivity contribution in [2.45, 2.75) is 19.3 Å². The first-order valence-corrected chi connectivity index (χ1v) is 19.8. The van der Waals surface area contributed by atoms with Crippen LogP contribution in [0.3, 0.4) is 0 Å². The second kappa shape index (κ2) is 12.0. The number of nitrogens with zero attached hydrogens (tertiary/aromatic N) is 1. The van der Waals surface area contributed by atoms with Crippen LogP contribution in [0.4, 0.5) is 0 Å². The average Bonchev–Trinajstić information content (AvgIpc) is 3.75. The summed E-state index contributed by atoms with van der Waals surface area (Å²) in [5.41, 5.74) is 17.0. The molecule has 11 aromatic rings. The summed E-state index contributed by atoms with van der Waals surface area (Å²) in [6, 6.07) is 70.5. The molecule has 0 radical (unpaired) electrons.